The molecule has 0 aliphatic carbocycles. The normalized spacial score (nSPS) is 11.0. The first-order valence-electron chi connectivity index (χ1n) is 7.27. The number of benzene rings is 2. The summed E-state index contributed by atoms with van der Waals surface area (Å²) >= 11 is 1.36. The summed E-state index contributed by atoms with van der Waals surface area (Å²) < 4.78 is 31.9. The summed E-state index contributed by atoms with van der Waals surface area (Å²) in [6.07, 6.45) is 1.63. The lowest BCUT2D eigenvalue weighted by Gasteiger charge is -2.07. The van der Waals surface area contributed by atoms with E-state index >= 15 is 0 Å². The zero-order chi connectivity index (χ0) is 17.6. The SMILES string of the molecule is Nc1csc(NN=Cc2ccc(OCc3ccc(F)cc3F)cc2)n1. The first-order chi connectivity index (χ1) is 12.1. The Morgan fingerprint density at radius 1 is 1.20 bits per heavy atom. The molecule has 3 N–H and O–H groups in total. The molecular formula is C17H14F2N4OS. The molecule has 128 valence electrons. The number of hydrogen-bond donors (Lipinski definition) is 2. The number of hydrogen-bond acceptors (Lipinski definition) is 6. The van der Waals surface area contributed by atoms with Crippen LogP contribution in [0.1, 0.15) is 11.1 Å². The van der Waals surface area contributed by atoms with Gasteiger partial charge in [-0.2, -0.15) is 5.10 Å². The Morgan fingerprint density at radius 2 is 2.00 bits per heavy atom. The van der Waals surface area contributed by atoms with Crippen molar-refractivity contribution in [1.82, 2.24) is 4.98 Å². The molecule has 0 atom stereocenters. The first kappa shape index (κ1) is 16.8. The molecule has 0 aliphatic heterocycles. The van der Waals surface area contributed by atoms with Gasteiger partial charge in [-0.15, -0.1) is 11.3 Å². The number of anilines is 2. The maximum atomic E-state index is 13.5. The number of rotatable bonds is 6. The lowest BCUT2D eigenvalue weighted by Crippen LogP contribution is -1.99. The van der Waals surface area contributed by atoms with Crippen LogP contribution >= 0.6 is 11.3 Å². The molecule has 0 saturated heterocycles. The van der Waals surface area contributed by atoms with E-state index in [1.807, 2.05) is 0 Å². The largest absolute Gasteiger partial charge is 0.489 e. The fourth-order valence-electron chi connectivity index (χ4n) is 1.95. The molecule has 3 rings (SSSR count). The van der Waals surface area contributed by atoms with Crippen LogP contribution in [0.5, 0.6) is 5.75 Å². The van der Waals surface area contributed by atoms with Crippen LogP contribution in [0, 0.1) is 11.6 Å². The molecule has 0 saturated carbocycles. The molecule has 1 aromatic heterocycles. The first-order valence-corrected chi connectivity index (χ1v) is 8.15. The van der Waals surface area contributed by atoms with Crippen molar-refractivity contribution in [2.45, 2.75) is 6.61 Å². The van der Waals surface area contributed by atoms with Crippen LogP contribution in [0.3, 0.4) is 0 Å². The van der Waals surface area contributed by atoms with Crippen LogP contribution in [0.15, 0.2) is 52.9 Å². The summed E-state index contributed by atoms with van der Waals surface area (Å²) in [6.45, 7) is 0.0204. The Balaban J connectivity index is 1.54. The minimum Gasteiger partial charge on any atom is -0.489 e. The van der Waals surface area contributed by atoms with Gasteiger partial charge in [0.25, 0.3) is 0 Å². The van der Waals surface area contributed by atoms with Gasteiger partial charge in [-0.3, -0.25) is 5.43 Å². The quantitative estimate of drug-likeness (QED) is 0.514. The summed E-state index contributed by atoms with van der Waals surface area (Å²) in [6, 6.07) is 10.5. The van der Waals surface area contributed by atoms with Crippen molar-refractivity contribution in [3.05, 3.63) is 70.6 Å². The summed E-state index contributed by atoms with van der Waals surface area (Å²) in [5, 5.41) is 6.38. The molecule has 0 amide bonds. The molecule has 0 aliphatic rings. The predicted octanol–water partition coefficient (Wildman–Crippen LogP) is 4.03. The van der Waals surface area contributed by atoms with Crippen LogP contribution in [0.4, 0.5) is 19.7 Å². The van der Waals surface area contributed by atoms with Gasteiger partial charge in [0.2, 0.25) is 5.13 Å². The topological polar surface area (TPSA) is 72.5 Å². The van der Waals surface area contributed by atoms with Crippen LogP contribution in [-0.4, -0.2) is 11.2 Å². The van der Waals surface area contributed by atoms with Gasteiger partial charge in [0.05, 0.1) is 6.21 Å². The van der Waals surface area contributed by atoms with Crippen LogP contribution in [-0.2, 0) is 6.61 Å². The Bertz CT molecular complexity index is 881. The molecule has 0 bridgehead atoms. The van der Waals surface area contributed by atoms with Crippen molar-refractivity contribution < 1.29 is 13.5 Å². The number of nitrogens with one attached hydrogen (secondary N) is 1. The molecule has 8 heteroatoms. The zero-order valence-electron chi connectivity index (χ0n) is 12.9. The number of nitrogens with zero attached hydrogens (tertiary/aromatic N) is 2. The van der Waals surface area contributed by atoms with Crippen molar-refractivity contribution >= 4 is 28.5 Å². The zero-order valence-corrected chi connectivity index (χ0v) is 13.8. The molecular weight excluding hydrogens is 346 g/mol. The standard InChI is InChI=1S/C17H14F2N4OS/c18-13-4-3-12(15(19)7-13)9-24-14-5-1-11(2-6-14)8-21-23-17-22-16(20)10-25-17/h1-8,10H,9,20H2,(H,22,23). The van der Waals surface area contributed by atoms with Crippen LogP contribution in [0.25, 0.3) is 0 Å². The highest BCUT2D eigenvalue weighted by atomic mass is 32.1. The average Bonchev–Trinajstić information content (AvgIpc) is 3.01. The minimum absolute atomic E-state index is 0.0204. The van der Waals surface area contributed by atoms with Gasteiger partial charge in [-0.1, -0.05) is 0 Å². The van der Waals surface area contributed by atoms with Crippen LogP contribution in [0.2, 0.25) is 0 Å². The van der Waals surface area contributed by atoms with Crippen molar-refractivity contribution in [2.24, 2.45) is 5.10 Å². The highest BCUT2D eigenvalue weighted by molar-refractivity contribution is 7.14. The number of thiazole rings is 1. The monoisotopic (exact) mass is 360 g/mol. The highest BCUT2D eigenvalue weighted by Gasteiger charge is 2.04. The van der Waals surface area contributed by atoms with E-state index in [-0.39, 0.29) is 6.61 Å². The number of halogens is 2. The maximum absolute atomic E-state index is 13.5. The van der Waals surface area contributed by atoms with Gasteiger partial charge in [0, 0.05) is 17.0 Å². The summed E-state index contributed by atoms with van der Waals surface area (Å²) in [7, 11) is 0. The summed E-state index contributed by atoms with van der Waals surface area (Å²) in [5.41, 5.74) is 9.43. The van der Waals surface area contributed by atoms with E-state index in [2.05, 4.69) is 15.5 Å². The van der Waals surface area contributed by atoms with Gasteiger partial charge < -0.3 is 10.5 Å². The smallest absolute Gasteiger partial charge is 0.205 e. The molecule has 3 aromatic rings. The van der Waals surface area contributed by atoms with E-state index in [1.54, 1.807) is 35.9 Å². The van der Waals surface area contributed by atoms with Gasteiger partial charge >= 0.3 is 0 Å². The van der Waals surface area contributed by atoms with Crippen molar-refractivity contribution in [3.8, 4) is 5.75 Å². The van der Waals surface area contributed by atoms with Crippen LogP contribution < -0.4 is 15.9 Å². The third-order valence-electron chi connectivity index (χ3n) is 3.19. The second-order valence-corrected chi connectivity index (χ2v) is 5.90. The summed E-state index contributed by atoms with van der Waals surface area (Å²) in [4.78, 5) is 4.02. The van der Waals surface area contributed by atoms with Crippen molar-refractivity contribution in [2.75, 3.05) is 11.2 Å². The van der Waals surface area contributed by atoms with Gasteiger partial charge in [0.1, 0.15) is 29.8 Å². The third kappa shape index (κ3) is 4.74. The van der Waals surface area contributed by atoms with E-state index < -0.39 is 11.6 Å². The fourth-order valence-corrected chi connectivity index (χ4v) is 2.50. The Labute approximate surface area is 146 Å². The van der Waals surface area contributed by atoms with Gasteiger partial charge in [-0.25, -0.2) is 13.8 Å². The van der Waals surface area contributed by atoms with Crippen molar-refractivity contribution in [3.63, 3.8) is 0 Å². The Kier molecular flexibility index (Phi) is 5.20. The lowest BCUT2D eigenvalue weighted by molar-refractivity contribution is 0.299. The van der Waals surface area contributed by atoms with Gasteiger partial charge in [-0.05, 0) is 42.0 Å². The lowest BCUT2D eigenvalue weighted by atomic mass is 10.2. The molecule has 0 radical (unpaired) electrons. The van der Waals surface area contributed by atoms with Gasteiger partial charge in [0.15, 0.2) is 0 Å². The molecule has 5 nitrogen and oxygen atoms in total. The molecule has 2 aromatic carbocycles. The molecule has 0 spiro atoms. The fraction of sp³-hybridized carbons (Fsp3) is 0.0588. The van der Waals surface area contributed by atoms with E-state index in [0.29, 0.717) is 22.3 Å². The second kappa shape index (κ2) is 7.71. The second-order valence-electron chi connectivity index (χ2n) is 5.04. The highest BCUT2D eigenvalue weighted by Crippen LogP contribution is 2.17. The molecule has 25 heavy (non-hydrogen) atoms. The molecule has 1 heterocycles. The molecule has 0 fully saturated rings. The minimum atomic E-state index is -0.627. The van der Waals surface area contributed by atoms with E-state index in [4.69, 9.17) is 10.5 Å². The van der Waals surface area contributed by atoms with E-state index in [1.165, 1.54) is 23.5 Å². The Hall–Kier alpha value is -3.00. The van der Waals surface area contributed by atoms with E-state index in [9.17, 15) is 8.78 Å². The van der Waals surface area contributed by atoms with E-state index in [0.717, 1.165) is 11.6 Å². The number of hydrazone groups is 1. The maximum Gasteiger partial charge on any atom is 0.205 e. The number of ether oxygens (including phenoxy) is 1. The third-order valence-corrected chi connectivity index (χ3v) is 3.95. The number of nitrogens with two attached hydrogens (primary N) is 1. The van der Waals surface area contributed by atoms with Crippen molar-refractivity contribution in [1.29, 1.82) is 0 Å². The summed E-state index contributed by atoms with van der Waals surface area (Å²) in [5.74, 6) is -0.222. The number of nitrogen functional groups attached to an aromatic ring is 1. The Morgan fingerprint density at radius 3 is 2.68 bits per heavy atom. The predicted molar refractivity (Wildman–Crippen MR) is 94.9 cm³/mol. The number of aromatic nitrogens is 1. The molecule has 0 unspecified atom stereocenters. The average molecular weight is 360 g/mol.